The minimum absolute atomic E-state index is 0.0257. The number of carboxylic acids is 1. The van der Waals surface area contributed by atoms with Crippen molar-refractivity contribution in [2.75, 3.05) is 24.7 Å². The highest BCUT2D eigenvalue weighted by Gasteiger charge is 2.41. The molecule has 0 bridgehead atoms. The van der Waals surface area contributed by atoms with E-state index in [9.17, 15) is 19.5 Å². The van der Waals surface area contributed by atoms with Crippen LogP contribution in [0.25, 0.3) is 0 Å². The van der Waals surface area contributed by atoms with Gasteiger partial charge in [-0.2, -0.15) is 0 Å². The molecule has 118 valence electrons. The number of aliphatic carboxylic acids is 1. The third-order valence-electron chi connectivity index (χ3n) is 4.47. The summed E-state index contributed by atoms with van der Waals surface area (Å²) in [6.45, 7) is 2.31. The zero-order valence-corrected chi connectivity index (χ0v) is 13.1. The second kappa shape index (κ2) is 6.68. The molecule has 2 fully saturated rings. The standard InChI is InChI=1S/C14H22N2O4S/c1-10-2-4-14(5-3-10,13(19)20)8-15-11(17)6-16-9-21-7-12(16)18/h10H,2-9H2,1H3,(H,15,17)(H,19,20). The van der Waals surface area contributed by atoms with Crippen LogP contribution in [0.3, 0.4) is 0 Å². The van der Waals surface area contributed by atoms with Gasteiger partial charge in [-0.1, -0.05) is 6.92 Å². The molecule has 2 amide bonds. The number of carbonyl (C=O) groups is 3. The first kappa shape index (κ1) is 16.1. The molecule has 0 unspecified atom stereocenters. The normalized spacial score (nSPS) is 29.5. The first-order valence-electron chi connectivity index (χ1n) is 7.28. The molecule has 1 aliphatic carbocycles. The van der Waals surface area contributed by atoms with Crippen LogP contribution in [0.4, 0.5) is 0 Å². The Hall–Kier alpha value is -1.24. The summed E-state index contributed by atoms with van der Waals surface area (Å²) in [5, 5.41) is 12.2. The lowest BCUT2D eigenvalue weighted by Crippen LogP contribution is -2.47. The lowest BCUT2D eigenvalue weighted by molar-refractivity contribution is -0.151. The Balaban J connectivity index is 1.85. The fraction of sp³-hybridized carbons (Fsp3) is 0.786. The molecule has 7 heteroatoms. The van der Waals surface area contributed by atoms with Gasteiger partial charge in [-0.05, 0) is 31.6 Å². The van der Waals surface area contributed by atoms with Crippen LogP contribution in [0.1, 0.15) is 32.6 Å². The van der Waals surface area contributed by atoms with E-state index >= 15 is 0 Å². The maximum atomic E-state index is 11.9. The summed E-state index contributed by atoms with van der Waals surface area (Å²) >= 11 is 1.49. The highest BCUT2D eigenvalue weighted by molar-refractivity contribution is 8.00. The van der Waals surface area contributed by atoms with Crippen LogP contribution in [0, 0.1) is 11.3 Å². The lowest BCUT2D eigenvalue weighted by Gasteiger charge is -2.35. The number of nitrogens with one attached hydrogen (secondary N) is 1. The number of nitrogens with zero attached hydrogens (tertiary/aromatic N) is 1. The fourth-order valence-corrected chi connectivity index (χ4v) is 3.72. The Morgan fingerprint density at radius 2 is 2.10 bits per heavy atom. The summed E-state index contributed by atoms with van der Waals surface area (Å²) in [4.78, 5) is 36.4. The number of carbonyl (C=O) groups excluding carboxylic acids is 2. The average molecular weight is 314 g/mol. The second-order valence-corrected chi connectivity index (χ2v) is 7.07. The van der Waals surface area contributed by atoms with Crippen molar-refractivity contribution >= 4 is 29.5 Å². The van der Waals surface area contributed by atoms with E-state index < -0.39 is 11.4 Å². The number of hydrogen-bond acceptors (Lipinski definition) is 4. The van der Waals surface area contributed by atoms with Gasteiger partial charge in [0.2, 0.25) is 11.8 Å². The van der Waals surface area contributed by atoms with Crippen LogP contribution in [-0.4, -0.2) is 52.5 Å². The minimum Gasteiger partial charge on any atom is -0.481 e. The van der Waals surface area contributed by atoms with E-state index in [0.29, 0.717) is 30.4 Å². The van der Waals surface area contributed by atoms with E-state index in [4.69, 9.17) is 0 Å². The van der Waals surface area contributed by atoms with Crippen LogP contribution >= 0.6 is 11.8 Å². The molecular weight excluding hydrogens is 292 g/mol. The van der Waals surface area contributed by atoms with Crippen molar-refractivity contribution in [2.24, 2.45) is 11.3 Å². The van der Waals surface area contributed by atoms with Gasteiger partial charge >= 0.3 is 5.97 Å². The van der Waals surface area contributed by atoms with E-state index in [0.717, 1.165) is 12.8 Å². The zero-order chi connectivity index (χ0) is 15.5. The molecule has 2 rings (SSSR count). The molecule has 0 aromatic rings. The highest BCUT2D eigenvalue weighted by atomic mass is 32.2. The van der Waals surface area contributed by atoms with Crippen molar-refractivity contribution < 1.29 is 19.5 Å². The molecule has 1 aliphatic heterocycles. The zero-order valence-electron chi connectivity index (χ0n) is 12.3. The van der Waals surface area contributed by atoms with Gasteiger partial charge in [0, 0.05) is 6.54 Å². The average Bonchev–Trinajstić information content (AvgIpc) is 2.84. The van der Waals surface area contributed by atoms with Gasteiger partial charge in [-0.15, -0.1) is 11.8 Å². The van der Waals surface area contributed by atoms with Crippen molar-refractivity contribution in [3.8, 4) is 0 Å². The number of amides is 2. The van der Waals surface area contributed by atoms with E-state index in [2.05, 4.69) is 12.2 Å². The summed E-state index contributed by atoms with van der Waals surface area (Å²) in [6, 6.07) is 0. The third kappa shape index (κ3) is 3.90. The van der Waals surface area contributed by atoms with Crippen molar-refractivity contribution in [3.63, 3.8) is 0 Å². The topological polar surface area (TPSA) is 86.7 Å². The van der Waals surface area contributed by atoms with Crippen LogP contribution in [-0.2, 0) is 14.4 Å². The number of hydrogen-bond donors (Lipinski definition) is 2. The molecule has 1 saturated carbocycles. The first-order valence-corrected chi connectivity index (χ1v) is 8.44. The Labute approximate surface area is 128 Å². The summed E-state index contributed by atoms with van der Waals surface area (Å²) in [6.07, 6.45) is 2.96. The first-order chi connectivity index (χ1) is 9.93. The van der Waals surface area contributed by atoms with E-state index in [1.54, 1.807) is 0 Å². The van der Waals surface area contributed by atoms with Crippen LogP contribution in [0.5, 0.6) is 0 Å². The monoisotopic (exact) mass is 314 g/mol. The SMILES string of the molecule is CC1CCC(CNC(=O)CN2CSCC2=O)(C(=O)O)CC1. The quantitative estimate of drug-likeness (QED) is 0.788. The summed E-state index contributed by atoms with van der Waals surface area (Å²) in [5.41, 5.74) is -0.841. The van der Waals surface area contributed by atoms with E-state index in [1.165, 1.54) is 16.7 Å². The van der Waals surface area contributed by atoms with E-state index in [1.807, 2.05) is 0 Å². The van der Waals surface area contributed by atoms with Gasteiger partial charge in [0.05, 0.1) is 17.0 Å². The van der Waals surface area contributed by atoms with Crippen molar-refractivity contribution in [1.29, 1.82) is 0 Å². The lowest BCUT2D eigenvalue weighted by atomic mass is 9.71. The van der Waals surface area contributed by atoms with Crippen LogP contribution < -0.4 is 5.32 Å². The molecule has 0 spiro atoms. The molecule has 0 radical (unpaired) electrons. The van der Waals surface area contributed by atoms with Crippen molar-refractivity contribution in [3.05, 3.63) is 0 Å². The number of carboxylic acid groups (broad SMARTS) is 1. The van der Waals surface area contributed by atoms with Crippen LogP contribution in [0.2, 0.25) is 0 Å². The van der Waals surface area contributed by atoms with Gasteiger partial charge in [0.25, 0.3) is 0 Å². The van der Waals surface area contributed by atoms with E-state index in [-0.39, 0.29) is 24.9 Å². The van der Waals surface area contributed by atoms with Crippen molar-refractivity contribution in [2.45, 2.75) is 32.6 Å². The molecule has 1 saturated heterocycles. The maximum Gasteiger partial charge on any atom is 0.311 e. The number of rotatable bonds is 5. The molecule has 2 aliphatic rings. The van der Waals surface area contributed by atoms with Crippen molar-refractivity contribution in [1.82, 2.24) is 10.2 Å². The third-order valence-corrected chi connectivity index (χ3v) is 5.41. The molecular formula is C14H22N2O4S. The smallest absolute Gasteiger partial charge is 0.311 e. The van der Waals surface area contributed by atoms with Gasteiger partial charge in [-0.3, -0.25) is 14.4 Å². The van der Waals surface area contributed by atoms with Crippen LogP contribution in [0.15, 0.2) is 0 Å². The van der Waals surface area contributed by atoms with Gasteiger partial charge in [0.1, 0.15) is 6.54 Å². The molecule has 0 aromatic carbocycles. The summed E-state index contributed by atoms with van der Waals surface area (Å²) < 4.78 is 0. The Kier molecular flexibility index (Phi) is 5.13. The Morgan fingerprint density at radius 1 is 1.43 bits per heavy atom. The molecule has 21 heavy (non-hydrogen) atoms. The Morgan fingerprint density at radius 3 is 2.62 bits per heavy atom. The maximum absolute atomic E-state index is 11.9. The Bertz CT molecular complexity index is 433. The fourth-order valence-electron chi connectivity index (χ4n) is 2.82. The molecule has 0 aromatic heterocycles. The number of thioether (sulfide) groups is 1. The van der Waals surface area contributed by atoms with Gasteiger partial charge < -0.3 is 15.3 Å². The largest absolute Gasteiger partial charge is 0.481 e. The second-order valence-electron chi connectivity index (χ2n) is 6.11. The predicted octanol–water partition coefficient (Wildman–Crippen LogP) is 0.917. The molecule has 0 atom stereocenters. The van der Waals surface area contributed by atoms with Gasteiger partial charge in [-0.25, -0.2) is 0 Å². The molecule has 2 N–H and O–H groups in total. The molecule has 6 nitrogen and oxygen atoms in total. The summed E-state index contributed by atoms with van der Waals surface area (Å²) in [7, 11) is 0. The minimum atomic E-state index is -0.841. The summed E-state index contributed by atoms with van der Waals surface area (Å²) in [5.74, 6) is 0.368. The molecule has 1 heterocycles. The highest BCUT2D eigenvalue weighted by Crippen LogP contribution is 2.38. The van der Waals surface area contributed by atoms with Gasteiger partial charge in [0.15, 0.2) is 0 Å². The predicted molar refractivity (Wildman–Crippen MR) is 79.7 cm³/mol.